The van der Waals surface area contributed by atoms with Crippen molar-refractivity contribution < 1.29 is 13.9 Å². The predicted octanol–water partition coefficient (Wildman–Crippen LogP) is 2.60. The van der Waals surface area contributed by atoms with E-state index in [2.05, 4.69) is 24.1 Å². The molecule has 1 aliphatic rings. The Morgan fingerprint density at radius 2 is 2.00 bits per heavy atom. The Bertz CT molecular complexity index is 718. The van der Waals surface area contributed by atoms with Crippen LogP contribution in [0.4, 0.5) is 5.69 Å². The Hall–Kier alpha value is -2.15. The number of nitrogens with zero attached hydrogens (tertiary/aromatic N) is 1. The number of ether oxygens (including phenoxy) is 1. The summed E-state index contributed by atoms with van der Waals surface area (Å²) in [6.07, 6.45) is 1.86. The van der Waals surface area contributed by atoms with Gasteiger partial charge in [-0.3, -0.25) is 9.69 Å². The highest BCUT2D eigenvalue weighted by atomic mass is 16.5. The van der Waals surface area contributed by atoms with E-state index in [1.54, 1.807) is 6.07 Å². The highest BCUT2D eigenvalue weighted by Gasteiger charge is 2.23. The number of benzene rings is 1. The van der Waals surface area contributed by atoms with Crippen LogP contribution in [0.2, 0.25) is 0 Å². The van der Waals surface area contributed by atoms with Crippen molar-refractivity contribution in [3.63, 3.8) is 0 Å². The molecule has 1 aromatic heterocycles. The number of rotatable bonds is 5. The van der Waals surface area contributed by atoms with Crippen molar-refractivity contribution >= 4 is 11.6 Å². The number of para-hydroxylation sites is 1. The van der Waals surface area contributed by atoms with Crippen LogP contribution >= 0.6 is 0 Å². The van der Waals surface area contributed by atoms with Gasteiger partial charge in [0.2, 0.25) is 0 Å². The molecule has 0 radical (unpaired) electrons. The van der Waals surface area contributed by atoms with E-state index in [9.17, 15) is 4.79 Å². The molecule has 3 N–H and O–H groups in total. The van der Waals surface area contributed by atoms with E-state index in [-0.39, 0.29) is 24.7 Å². The zero-order chi connectivity index (χ0) is 17.8. The number of amides is 1. The number of nitrogens with one attached hydrogen (secondary N) is 1. The summed E-state index contributed by atoms with van der Waals surface area (Å²) in [5.74, 6) is 0.398. The average Bonchev–Trinajstić information content (AvgIpc) is 3.05. The van der Waals surface area contributed by atoms with Crippen LogP contribution in [0.25, 0.3) is 0 Å². The highest BCUT2D eigenvalue weighted by molar-refractivity contribution is 6.04. The molecule has 2 unspecified atom stereocenters. The fourth-order valence-electron chi connectivity index (χ4n) is 3.24. The van der Waals surface area contributed by atoms with Gasteiger partial charge in [0.1, 0.15) is 12.0 Å². The van der Waals surface area contributed by atoms with Crippen LogP contribution in [-0.2, 0) is 17.8 Å². The van der Waals surface area contributed by atoms with Crippen LogP contribution in [0.5, 0.6) is 0 Å². The number of furan rings is 1. The van der Waals surface area contributed by atoms with Gasteiger partial charge in [0, 0.05) is 25.3 Å². The van der Waals surface area contributed by atoms with E-state index < -0.39 is 0 Å². The van der Waals surface area contributed by atoms with Crippen molar-refractivity contribution in [1.82, 2.24) is 4.90 Å². The lowest BCUT2D eigenvalue weighted by molar-refractivity contribution is -0.0704. The molecule has 2 heterocycles. The molecule has 134 valence electrons. The summed E-state index contributed by atoms with van der Waals surface area (Å²) in [5, 5.41) is 2.98. The highest BCUT2D eigenvalue weighted by Crippen LogP contribution is 2.21. The minimum atomic E-state index is -0.195. The molecule has 1 saturated heterocycles. The second-order valence-corrected chi connectivity index (χ2v) is 6.57. The molecule has 25 heavy (non-hydrogen) atoms. The van der Waals surface area contributed by atoms with Gasteiger partial charge in [0.25, 0.3) is 5.91 Å². The Labute approximate surface area is 147 Å². The molecule has 1 aromatic carbocycles. The minimum Gasteiger partial charge on any atom is -0.467 e. The van der Waals surface area contributed by atoms with Crippen LogP contribution in [0.3, 0.4) is 0 Å². The first-order valence-corrected chi connectivity index (χ1v) is 8.59. The van der Waals surface area contributed by atoms with Crippen molar-refractivity contribution in [2.45, 2.75) is 39.1 Å². The Morgan fingerprint density at radius 1 is 1.28 bits per heavy atom. The number of anilines is 1. The summed E-state index contributed by atoms with van der Waals surface area (Å²) < 4.78 is 11.0. The summed E-state index contributed by atoms with van der Waals surface area (Å²) in [6, 6.07) is 9.54. The molecular weight excluding hydrogens is 318 g/mol. The Kier molecular flexibility index (Phi) is 5.53. The van der Waals surface area contributed by atoms with Gasteiger partial charge in [-0.1, -0.05) is 18.2 Å². The molecule has 6 nitrogen and oxygen atoms in total. The van der Waals surface area contributed by atoms with Gasteiger partial charge in [-0.2, -0.15) is 0 Å². The first-order valence-electron chi connectivity index (χ1n) is 8.59. The van der Waals surface area contributed by atoms with E-state index in [0.29, 0.717) is 11.3 Å². The van der Waals surface area contributed by atoms with E-state index in [0.717, 1.165) is 30.9 Å². The lowest BCUT2D eigenvalue weighted by atomic mass is 10.1. The molecule has 0 bridgehead atoms. The Balaban J connectivity index is 1.71. The third kappa shape index (κ3) is 4.48. The van der Waals surface area contributed by atoms with Gasteiger partial charge in [0.05, 0.1) is 24.3 Å². The summed E-state index contributed by atoms with van der Waals surface area (Å²) >= 11 is 0. The third-order valence-corrected chi connectivity index (χ3v) is 4.27. The second kappa shape index (κ2) is 7.82. The first kappa shape index (κ1) is 17.7. The van der Waals surface area contributed by atoms with Gasteiger partial charge >= 0.3 is 0 Å². The van der Waals surface area contributed by atoms with E-state index >= 15 is 0 Å². The van der Waals surface area contributed by atoms with Crippen LogP contribution in [0, 0.1) is 0 Å². The number of morpholine rings is 1. The monoisotopic (exact) mass is 343 g/mol. The number of carbonyl (C=O) groups is 1. The lowest BCUT2D eigenvalue weighted by Gasteiger charge is -2.35. The average molecular weight is 343 g/mol. The van der Waals surface area contributed by atoms with Crippen molar-refractivity contribution in [3.8, 4) is 0 Å². The largest absolute Gasteiger partial charge is 0.467 e. The summed E-state index contributed by atoms with van der Waals surface area (Å²) in [5.41, 5.74) is 7.90. The zero-order valence-electron chi connectivity index (χ0n) is 14.7. The van der Waals surface area contributed by atoms with Crippen LogP contribution in [0.1, 0.15) is 35.5 Å². The van der Waals surface area contributed by atoms with E-state index in [4.69, 9.17) is 14.9 Å². The molecule has 1 aliphatic heterocycles. The standard InChI is InChI=1S/C19H25N3O3/c1-13-9-22(10-14(2)25-13)11-15-5-3-4-6-18(15)21-19(23)16-7-17(8-20)24-12-16/h3-7,12-14H,8-11,20H2,1-2H3,(H,21,23). The first-order chi connectivity index (χ1) is 12.0. The van der Waals surface area contributed by atoms with Gasteiger partial charge in [0.15, 0.2) is 0 Å². The molecule has 1 fully saturated rings. The van der Waals surface area contributed by atoms with Gasteiger partial charge in [-0.05, 0) is 31.5 Å². The van der Waals surface area contributed by atoms with Gasteiger partial charge < -0.3 is 20.2 Å². The molecule has 3 rings (SSSR count). The summed E-state index contributed by atoms with van der Waals surface area (Å²) in [4.78, 5) is 14.8. The summed E-state index contributed by atoms with van der Waals surface area (Å²) in [6.45, 7) is 6.99. The molecule has 0 saturated carbocycles. The molecule has 1 amide bonds. The summed E-state index contributed by atoms with van der Waals surface area (Å²) in [7, 11) is 0. The van der Waals surface area contributed by atoms with Crippen LogP contribution in [0.15, 0.2) is 41.0 Å². The SMILES string of the molecule is CC1CN(Cc2ccccc2NC(=O)c2coc(CN)c2)CC(C)O1. The fourth-order valence-corrected chi connectivity index (χ4v) is 3.24. The smallest absolute Gasteiger partial charge is 0.258 e. The number of nitrogens with two attached hydrogens (primary N) is 1. The van der Waals surface area contributed by atoms with Crippen molar-refractivity contribution in [2.75, 3.05) is 18.4 Å². The maximum absolute atomic E-state index is 12.4. The second-order valence-electron chi connectivity index (χ2n) is 6.57. The molecule has 0 aliphatic carbocycles. The maximum Gasteiger partial charge on any atom is 0.258 e. The van der Waals surface area contributed by atoms with Crippen molar-refractivity contribution in [2.24, 2.45) is 5.73 Å². The number of hydrogen-bond donors (Lipinski definition) is 2. The molecular formula is C19H25N3O3. The topological polar surface area (TPSA) is 80.7 Å². The Morgan fingerprint density at radius 3 is 2.68 bits per heavy atom. The predicted molar refractivity (Wildman–Crippen MR) is 96.3 cm³/mol. The number of carbonyl (C=O) groups excluding carboxylic acids is 1. The quantitative estimate of drug-likeness (QED) is 0.872. The van der Waals surface area contributed by atoms with Gasteiger partial charge in [-0.15, -0.1) is 0 Å². The normalized spacial score (nSPS) is 21.2. The number of hydrogen-bond acceptors (Lipinski definition) is 5. The molecule has 0 spiro atoms. The minimum absolute atomic E-state index is 0.195. The third-order valence-electron chi connectivity index (χ3n) is 4.27. The van der Waals surface area contributed by atoms with Crippen molar-refractivity contribution in [3.05, 3.63) is 53.5 Å². The van der Waals surface area contributed by atoms with E-state index in [1.165, 1.54) is 6.26 Å². The zero-order valence-corrected chi connectivity index (χ0v) is 14.7. The van der Waals surface area contributed by atoms with Gasteiger partial charge in [-0.25, -0.2) is 0 Å². The van der Waals surface area contributed by atoms with E-state index in [1.807, 2.05) is 24.3 Å². The van der Waals surface area contributed by atoms with Crippen molar-refractivity contribution in [1.29, 1.82) is 0 Å². The fraction of sp³-hybridized carbons (Fsp3) is 0.421. The molecule has 2 aromatic rings. The van der Waals surface area contributed by atoms with Crippen LogP contribution < -0.4 is 11.1 Å². The maximum atomic E-state index is 12.4. The lowest BCUT2D eigenvalue weighted by Crippen LogP contribution is -2.44. The molecule has 6 heteroatoms. The van der Waals surface area contributed by atoms with Crippen LogP contribution in [-0.4, -0.2) is 36.1 Å². The molecule has 2 atom stereocenters.